The maximum Gasteiger partial charge on any atom is 0.338 e. The zero-order valence-corrected chi connectivity index (χ0v) is 19.1. The van der Waals surface area contributed by atoms with Crippen molar-refractivity contribution in [2.24, 2.45) is 0 Å². The fraction of sp³-hybridized carbons (Fsp3) is 0.250. The van der Waals surface area contributed by atoms with Crippen LogP contribution in [0.4, 0.5) is 11.4 Å². The summed E-state index contributed by atoms with van der Waals surface area (Å²) in [6, 6.07) is 12.2. The van der Waals surface area contributed by atoms with Crippen LogP contribution in [0.1, 0.15) is 47.9 Å². The largest absolute Gasteiger partial charge is 0.462 e. The first kappa shape index (κ1) is 24.0. The van der Waals surface area contributed by atoms with E-state index >= 15 is 0 Å². The molecule has 0 fully saturated rings. The van der Waals surface area contributed by atoms with Crippen molar-refractivity contribution >= 4 is 46.7 Å². The molecule has 0 radical (unpaired) electrons. The fourth-order valence-electron chi connectivity index (χ4n) is 3.01. The van der Waals surface area contributed by atoms with E-state index in [1.54, 1.807) is 32.0 Å². The van der Waals surface area contributed by atoms with E-state index in [1.807, 2.05) is 6.92 Å². The minimum Gasteiger partial charge on any atom is -0.462 e. The number of benzene rings is 2. The van der Waals surface area contributed by atoms with Gasteiger partial charge in [0, 0.05) is 5.69 Å². The van der Waals surface area contributed by atoms with Gasteiger partial charge in [-0.15, -0.1) is 0 Å². The first-order chi connectivity index (χ1) is 15.7. The van der Waals surface area contributed by atoms with Crippen LogP contribution < -0.4 is 10.2 Å². The van der Waals surface area contributed by atoms with Gasteiger partial charge in [0.05, 0.1) is 29.5 Å². The lowest BCUT2D eigenvalue weighted by Gasteiger charge is -2.16. The van der Waals surface area contributed by atoms with Crippen LogP contribution in [0.2, 0.25) is 0 Å². The Morgan fingerprint density at radius 1 is 1.00 bits per heavy atom. The molecule has 3 rings (SSSR count). The summed E-state index contributed by atoms with van der Waals surface area (Å²) in [6.45, 7) is 5.64. The first-order valence-electron chi connectivity index (χ1n) is 10.4. The van der Waals surface area contributed by atoms with Gasteiger partial charge in [0.25, 0.3) is 11.8 Å². The van der Waals surface area contributed by atoms with Crippen LogP contribution >= 0.6 is 11.6 Å². The average molecular weight is 471 g/mol. The minimum absolute atomic E-state index is 0.113. The Balaban J connectivity index is 1.78. The Kier molecular flexibility index (Phi) is 7.50. The maximum absolute atomic E-state index is 13.0. The summed E-state index contributed by atoms with van der Waals surface area (Å²) in [7, 11) is 0. The van der Waals surface area contributed by atoms with Crippen molar-refractivity contribution in [3.8, 4) is 0 Å². The van der Waals surface area contributed by atoms with Gasteiger partial charge in [-0.1, -0.05) is 24.6 Å². The lowest BCUT2D eigenvalue weighted by molar-refractivity contribution is -0.120. The molecule has 1 heterocycles. The van der Waals surface area contributed by atoms with Crippen molar-refractivity contribution in [3.63, 3.8) is 0 Å². The molecule has 1 aliphatic heterocycles. The maximum atomic E-state index is 13.0. The van der Waals surface area contributed by atoms with Crippen LogP contribution in [0.3, 0.4) is 0 Å². The highest BCUT2D eigenvalue weighted by Gasteiger charge is 2.39. The quantitative estimate of drug-likeness (QED) is 0.454. The molecule has 33 heavy (non-hydrogen) atoms. The van der Waals surface area contributed by atoms with E-state index in [0.29, 0.717) is 17.7 Å². The van der Waals surface area contributed by atoms with E-state index in [4.69, 9.17) is 21.1 Å². The topological polar surface area (TPSA) is 102 Å². The molecule has 1 N–H and O–H groups in total. The van der Waals surface area contributed by atoms with Crippen LogP contribution in [-0.4, -0.2) is 36.5 Å². The molecule has 2 amide bonds. The number of carbonyl (C=O) groups is 4. The van der Waals surface area contributed by atoms with Gasteiger partial charge in [0.1, 0.15) is 10.7 Å². The summed E-state index contributed by atoms with van der Waals surface area (Å²) in [4.78, 5) is 50.7. The monoisotopic (exact) mass is 470 g/mol. The van der Waals surface area contributed by atoms with Crippen molar-refractivity contribution in [2.75, 3.05) is 16.8 Å². The number of halogens is 1. The summed E-state index contributed by atoms with van der Waals surface area (Å²) in [5, 5.41) is 2.55. The standard InChI is InChI=1S/C24H23ClN2O6/c1-4-12-32-23(30)16-6-5-7-18(13-16)27-21(28)19(25)20(22(27)29)26-17-10-8-15(9-11-17)24(31)33-14(2)3/h5-11,13-14,26H,4,12H2,1-3H3. The highest BCUT2D eigenvalue weighted by Crippen LogP contribution is 2.30. The summed E-state index contributed by atoms with van der Waals surface area (Å²) in [5.41, 5.74) is 1.08. The van der Waals surface area contributed by atoms with Crippen LogP contribution in [-0.2, 0) is 19.1 Å². The fourth-order valence-corrected chi connectivity index (χ4v) is 3.22. The molecule has 2 aromatic rings. The third-order valence-corrected chi connectivity index (χ3v) is 4.89. The Morgan fingerprint density at radius 2 is 1.70 bits per heavy atom. The van der Waals surface area contributed by atoms with E-state index in [2.05, 4.69) is 5.32 Å². The van der Waals surface area contributed by atoms with Crippen molar-refractivity contribution in [1.82, 2.24) is 0 Å². The number of hydrogen-bond donors (Lipinski definition) is 1. The number of esters is 2. The number of hydrogen-bond acceptors (Lipinski definition) is 7. The first-order valence-corrected chi connectivity index (χ1v) is 10.7. The predicted molar refractivity (Wildman–Crippen MR) is 123 cm³/mol. The van der Waals surface area contributed by atoms with Gasteiger partial charge >= 0.3 is 11.9 Å². The van der Waals surface area contributed by atoms with Crippen LogP contribution in [0.15, 0.2) is 59.3 Å². The van der Waals surface area contributed by atoms with Crippen molar-refractivity contribution in [2.45, 2.75) is 33.3 Å². The van der Waals surface area contributed by atoms with E-state index in [1.165, 1.54) is 30.3 Å². The molecule has 2 aromatic carbocycles. The third kappa shape index (κ3) is 5.40. The molecule has 0 saturated carbocycles. The molecule has 8 nitrogen and oxygen atoms in total. The number of nitrogens with one attached hydrogen (secondary N) is 1. The molecule has 0 spiro atoms. The molecule has 0 atom stereocenters. The summed E-state index contributed by atoms with van der Waals surface area (Å²) >= 11 is 6.17. The second kappa shape index (κ2) is 10.3. The van der Waals surface area contributed by atoms with E-state index in [9.17, 15) is 19.2 Å². The van der Waals surface area contributed by atoms with Crippen molar-refractivity contribution in [1.29, 1.82) is 0 Å². The number of ether oxygens (including phenoxy) is 2. The highest BCUT2D eigenvalue weighted by molar-refractivity contribution is 6.53. The Labute approximate surface area is 196 Å². The van der Waals surface area contributed by atoms with Crippen LogP contribution in [0.25, 0.3) is 0 Å². The zero-order valence-electron chi connectivity index (χ0n) is 18.4. The summed E-state index contributed by atoms with van der Waals surface area (Å²) in [5.74, 6) is -2.41. The zero-order chi connectivity index (χ0) is 24.1. The number of nitrogens with zero attached hydrogens (tertiary/aromatic N) is 1. The molecule has 172 valence electrons. The number of anilines is 2. The van der Waals surface area contributed by atoms with E-state index in [-0.39, 0.29) is 34.7 Å². The Morgan fingerprint density at radius 3 is 2.33 bits per heavy atom. The molecule has 0 aliphatic carbocycles. The van der Waals surface area contributed by atoms with Gasteiger partial charge < -0.3 is 14.8 Å². The molecule has 0 saturated heterocycles. The highest BCUT2D eigenvalue weighted by atomic mass is 35.5. The third-order valence-electron chi connectivity index (χ3n) is 4.54. The Bertz CT molecular complexity index is 1120. The molecule has 0 unspecified atom stereocenters. The minimum atomic E-state index is -0.722. The number of rotatable bonds is 8. The second-order valence-corrected chi connectivity index (χ2v) is 7.86. The SMILES string of the molecule is CCCOC(=O)c1cccc(N2C(=O)C(Cl)=C(Nc3ccc(C(=O)OC(C)C)cc3)C2=O)c1. The average Bonchev–Trinajstić information content (AvgIpc) is 3.00. The van der Waals surface area contributed by atoms with Gasteiger partial charge in [0.2, 0.25) is 0 Å². The lowest BCUT2D eigenvalue weighted by atomic mass is 10.2. The molecule has 0 bridgehead atoms. The Hall–Kier alpha value is -3.65. The number of carbonyl (C=O) groups excluding carboxylic acids is 4. The predicted octanol–water partition coefficient (Wildman–Crippen LogP) is 4.25. The van der Waals surface area contributed by atoms with E-state index in [0.717, 1.165) is 4.90 Å². The van der Waals surface area contributed by atoms with Gasteiger partial charge in [0.15, 0.2) is 0 Å². The number of imide groups is 1. The van der Waals surface area contributed by atoms with Gasteiger partial charge in [-0.05, 0) is 62.7 Å². The van der Waals surface area contributed by atoms with Gasteiger partial charge in [-0.3, -0.25) is 9.59 Å². The molecular formula is C24H23ClN2O6. The van der Waals surface area contributed by atoms with Crippen molar-refractivity contribution in [3.05, 3.63) is 70.4 Å². The smallest absolute Gasteiger partial charge is 0.338 e. The van der Waals surface area contributed by atoms with Crippen LogP contribution in [0.5, 0.6) is 0 Å². The van der Waals surface area contributed by atoms with Gasteiger partial charge in [-0.2, -0.15) is 0 Å². The molecule has 0 aromatic heterocycles. The normalized spacial score (nSPS) is 13.5. The molecule has 9 heteroatoms. The molecular weight excluding hydrogens is 448 g/mol. The number of amides is 2. The lowest BCUT2D eigenvalue weighted by Crippen LogP contribution is -2.32. The van der Waals surface area contributed by atoms with Crippen LogP contribution in [0, 0.1) is 0 Å². The second-order valence-electron chi connectivity index (χ2n) is 7.48. The van der Waals surface area contributed by atoms with E-state index < -0.39 is 23.8 Å². The van der Waals surface area contributed by atoms with Gasteiger partial charge in [-0.25, -0.2) is 14.5 Å². The molecule has 1 aliphatic rings. The summed E-state index contributed by atoms with van der Waals surface area (Å²) in [6.07, 6.45) is 0.419. The summed E-state index contributed by atoms with van der Waals surface area (Å²) < 4.78 is 10.2. The van der Waals surface area contributed by atoms with Crippen molar-refractivity contribution < 1.29 is 28.7 Å².